The fraction of sp³-hybridized carbons (Fsp3) is 0.568. The van der Waals surface area contributed by atoms with Crippen molar-refractivity contribution < 1.29 is 73.5 Å². The molecule has 0 radical (unpaired) electrons. The van der Waals surface area contributed by atoms with Crippen LogP contribution < -0.4 is 48.7 Å². The Morgan fingerprint density at radius 1 is 0.581 bits per heavy atom. The smallest absolute Gasteiger partial charge is 0.328 e. The van der Waals surface area contributed by atoms with Gasteiger partial charge in [0.25, 0.3) is 0 Å². The number of hydrogen-bond donors (Lipinski definition) is 14. The molecular formula is C37H57N9O15S. The van der Waals surface area contributed by atoms with Crippen LogP contribution in [-0.2, 0) is 54.4 Å². The van der Waals surface area contributed by atoms with Crippen molar-refractivity contribution in [2.24, 2.45) is 17.4 Å². The second-order valence-electron chi connectivity index (χ2n) is 14.3. The fourth-order valence-electron chi connectivity index (χ4n) is 5.44. The minimum Gasteiger partial charge on any atom is -0.481 e. The Labute approximate surface area is 360 Å². The van der Waals surface area contributed by atoms with Gasteiger partial charge in [-0.3, -0.25) is 43.2 Å². The third-order valence-electron chi connectivity index (χ3n) is 8.70. The molecule has 0 saturated heterocycles. The van der Waals surface area contributed by atoms with Crippen LogP contribution >= 0.6 is 11.8 Å². The summed E-state index contributed by atoms with van der Waals surface area (Å²) < 4.78 is 0. The van der Waals surface area contributed by atoms with E-state index in [-0.39, 0.29) is 25.2 Å². The van der Waals surface area contributed by atoms with Crippen LogP contribution in [0.25, 0.3) is 0 Å². The van der Waals surface area contributed by atoms with E-state index >= 15 is 0 Å². The van der Waals surface area contributed by atoms with Gasteiger partial charge in [-0.1, -0.05) is 44.2 Å². The van der Waals surface area contributed by atoms with Crippen molar-refractivity contribution in [3.05, 3.63) is 35.9 Å². The summed E-state index contributed by atoms with van der Waals surface area (Å²) in [5, 5.41) is 63.4. The van der Waals surface area contributed by atoms with Gasteiger partial charge in [0.2, 0.25) is 47.3 Å². The Bertz CT molecular complexity index is 1720. The van der Waals surface area contributed by atoms with Crippen LogP contribution in [0.3, 0.4) is 0 Å². The van der Waals surface area contributed by atoms with E-state index in [1.807, 2.05) is 0 Å². The fourth-order valence-corrected chi connectivity index (χ4v) is 5.91. The summed E-state index contributed by atoms with van der Waals surface area (Å²) in [5.41, 5.74) is 11.3. The van der Waals surface area contributed by atoms with Gasteiger partial charge >= 0.3 is 11.9 Å². The van der Waals surface area contributed by atoms with Crippen LogP contribution in [-0.4, -0.2) is 165 Å². The van der Waals surface area contributed by atoms with Gasteiger partial charge in [0.15, 0.2) is 0 Å². The summed E-state index contributed by atoms with van der Waals surface area (Å²) >= 11 is 1.31. The standard InChI is InChI=1S/C37H57N9O15S/c1-18(2)11-22(32(55)44-25(14-29(51)52)35(58)42-23(12-19-7-5-4-6-8-19)33(56)46-27(17-49)37(60)61)41-36(59)26(16-48)45-34(57)24(13-28(39)50)43-31(54)21(9-10-62-3)40-30(53)20(38)15-47/h4-8,18,20-27,47-49H,9-17,38H2,1-3H3,(H2,39,50)(H,40,53)(H,41,59)(H,42,58)(H,43,54)(H,44,55)(H,45,57)(H,46,56)(H,51,52)(H,60,61). The maximum absolute atomic E-state index is 13.7. The van der Waals surface area contributed by atoms with Gasteiger partial charge in [-0.15, -0.1) is 0 Å². The lowest BCUT2D eigenvalue weighted by Gasteiger charge is -2.27. The number of aliphatic hydroxyl groups excluding tert-OH is 3. The number of benzene rings is 1. The van der Waals surface area contributed by atoms with E-state index in [0.717, 1.165) is 0 Å². The molecular weight excluding hydrogens is 843 g/mol. The number of aliphatic carboxylic acids is 2. The molecule has 1 aromatic rings. The first-order chi connectivity index (χ1) is 29.2. The minimum atomic E-state index is -1.89. The predicted molar refractivity (Wildman–Crippen MR) is 219 cm³/mol. The molecule has 0 fully saturated rings. The number of nitrogens with one attached hydrogen (secondary N) is 7. The average Bonchev–Trinajstić information content (AvgIpc) is 3.21. The average molecular weight is 900 g/mol. The molecule has 0 aromatic heterocycles. The number of rotatable bonds is 29. The van der Waals surface area contributed by atoms with Crippen molar-refractivity contribution in [2.45, 2.75) is 94.3 Å². The molecule has 0 bridgehead atoms. The van der Waals surface area contributed by atoms with Crippen LogP contribution in [0, 0.1) is 5.92 Å². The summed E-state index contributed by atoms with van der Waals surface area (Å²) in [4.78, 5) is 128. The van der Waals surface area contributed by atoms with E-state index < -0.39 is 140 Å². The first-order valence-electron chi connectivity index (χ1n) is 19.1. The lowest BCUT2D eigenvalue weighted by molar-refractivity contribution is -0.144. The van der Waals surface area contributed by atoms with Gasteiger partial charge in [0.1, 0.15) is 48.3 Å². The number of nitrogens with two attached hydrogens (primary N) is 2. The zero-order chi connectivity index (χ0) is 47.1. The van der Waals surface area contributed by atoms with Gasteiger partial charge < -0.3 is 74.2 Å². The van der Waals surface area contributed by atoms with Crippen molar-refractivity contribution in [2.75, 3.05) is 31.8 Å². The second kappa shape index (κ2) is 27.9. The van der Waals surface area contributed by atoms with Crippen molar-refractivity contribution in [3.8, 4) is 0 Å². The summed E-state index contributed by atoms with van der Waals surface area (Å²) in [6.07, 6.45) is -0.481. The quantitative estimate of drug-likeness (QED) is 0.0356. The highest BCUT2D eigenvalue weighted by Gasteiger charge is 2.35. The Kier molecular flexibility index (Phi) is 24.3. The van der Waals surface area contributed by atoms with E-state index in [1.165, 1.54) is 11.8 Å². The number of primary amides is 1. The second-order valence-corrected chi connectivity index (χ2v) is 15.3. The topological polar surface area (TPSA) is 408 Å². The molecule has 1 aromatic carbocycles. The highest BCUT2D eigenvalue weighted by molar-refractivity contribution is 7.98. The van der Waals surface area contributed by atoms with Gasteiger partial charge in [-0.2, -0.15) is 11.8 Å². The van der Waals surface area contributed by atoms with Crippen molar-refractivity contribution in [1.82, 2.24) is 37.2 Å². The number of carboxylic acid groups (broad SMARTS) is 2. The van der Waals surface area contributed by atoms with Crippen LogP contribution in [0.5, 0.6) is 0 Å². The normalized spacial score (nSPS) is 14.8. The molecule has 25 heteroatoms. The Hall–Kier alpha value is -5.89. The van der Waals surface area contributed by atoms with Crippen LogP contribution in [0.1, 0.15) is 45.1 Å². The van der Waals surface area contributed by atoms with Crippen molar-refractivity contribution >= 4 is 71.0 Å². The van der Waals surface area contributed by atoms with E-state index in [0.29, 0.717) is 11.3 Å². The SMILES string of the molecule is CSCCC(NC(=O)C(N)CO)C(=O)NC(CC(N)=O)C(=O)NC(CO)C(=O)NC(CC(C)C)C(=O)NC(CC(=O)O)C(=O)NC(Cc1ccccc1)C(=O)NC(CO)C(=O)O. The summed E-state index contributed by atoms with van der Waals surface area (Å²) in [6, 6.07) is -4.92. The summed E-state index contributed by atoms with van der Waals surface area (Å²) in [6.45, 7) is 0.461. The molecule has 0 aliphatic carbocycles. The third-order valence-corrected chi connectivity index (χ3v) is 9.34. The van der Waals surface area contributed by atoms with Gasteiger partial charge in [0.05, 0.1) is 32.7 Å². The molecule has 8 amide bonds. The Morgan fingerprint density at radius 3 is 1.50 bits per heavy atom. The molecule has 0 spiro atoms. The van der Waals surface area contributed by atoms with Crippen LogP contribution in [0.15, 0.2) is 30.3 Å². The molecule has 1 rings (SSSR count). The molecule has 346 valence electrons. The maximum atomic E-state index is 13.7. The molecule has 0 saturated carbocycles. The molecule has 0 aliphatic rings. The predicted octanol–water partition coefficient (Wildman–Crippen LogP) is -5.84. The molecule has 62 heavy (non-hydrogen) atoms. The summed E-state index contributed by atoms with van der Waals surface area (Å²) in [7, 11) is 0. The molecule has 0 heterocycles. The number of hydrogen-bond acceptors (Lipinski definition) is 15. The third kappa shape index (κ3) is 19.7. The molecule has 0 aliphatic heterocycles. The lowest BCUT2D eigenvalue weighted by Crippen LogP contribution is -2.61. The maximum Gasteiger partial charge on any atom is 0.328 e. The number of amides is 8. The van der Waals surface area contributed by atoms with Crippen LogP contribution in [0.4, 0.5) is 0 Å². The van der Waals surface area contributed by atoms with Gasteiger partial charge in [-0.05, 0) is 36.3 Å². The van der Waals surface area contributed by atoms with Gasteiger partial charge in [-0.25, -0.2) is 4.79 Å². The van der Waals surface area contributed by atoms with Crippen molar-refractivity contribution in [3.63, 3.8) is 0 Å². The molecule has 24 nitrogen and oxygen atoms in total. The van der Waals surface area contributed by atoms with Crippen LogP contribution in [0.2, 0.25) is 0 Å². The Balaban J connectivity index is 3.32. The van der Waals surface area contributed by atoms with Gasteiger partial charge in [0, 0.05) is 6.42 Å². The number of carboxylic acids is 2. The molecule has 16 N–H and O–H groups in total. The zero-order valence-electron chi connectivity index (χ0n) is 34.3. The highest BCUT2D eigenvalue weighted by atomic mass is 32.2. The van der Waals surface area contributed by atoms with E-state index in [1.54, 1.807) is 50.4 Å². The highest BCUT2D eigenvalue weighted by Crippen LogP contribution is 2.10. The van der Waals surface area contributed by atoms with E-state index in [2.05, 4.69) is 37.2 Å². The monoisotopic (exact) mass is 899 g/mol. The number of thioether (sulfide) groups is 1. The largest absolute Gasteiger partial charge is 0.481 e. The minimum absolute atomic E-state index is 0.0270. The molecule has 8 atom stereocenters. The number of aliphatic hydroxyl groups is 3. The van der Waals surface area contributed by atoms with E-state index in [9.17, 15) is 73.5 Å². The van der Waals surface area contributed by atoms with E-state index in [4.69, 9.17) is 11.5 Å². The Morgan fingerprint density at radius 2 is 1.02 bits per heavy atom. The lowest BCUT2D eigenvalue weighted by atomic mass is 10.0. The first-order valence-corrected chi connectivity index (χ1v) is 20.5. The number of carbonyl (C=O) groups excluding carboxylic acids is 8. The van der Waals surface area contributed by atoms with Crippen molar-refractivity contribution in [1.29, 1.82) is 0 Å². The summed E-state index contributed by atoms with van der Waals surface area (Å²) in [5.74, 6) is -11.8. The first kappa shape index (κ1) is 54.1. The molecule has 8 unspecified atom stereocenters. The number of carbonyl (C=O) groups is 10. The zero-order valence-corrected chi connectivity index (χ0v) is 35.1.